The normalized spacial score (nSPS) is 30.4. The van der Waals surface area contributed by atoms with Crippen molar-refractivity contribution < 1.29 is 4.79 Å². The molecule has 1 amide bonds. The highest BCUT2D eigenvalue weighted by molar-refractivity contribution is 7.99. The van der Waals surface area contributed by atoms with Crippen molar-refractivity contribution in [1.29, 1.82) is 0 Å². The van der Waals surface area contributed by atoms with Gasteiger partial charge in [0.25, 0.3) is 0 Å². The zero-order valence-electron chi connectivity index (χ0n) is 10.8. The van der Waals surface area contributed by atoms with Crippen molar-refractivity contribution in [3.8, 4) is 0 Å². The molecule has 0 aromatic heterocycles. The summed E-state index contributed by atoms with van der Waals surface area (Å²) in [5.74, 6) is 3.19. The topological polar surface area (TPSA) is 32.3 Å². The molecule has 1 saturated carbocycles. The molecular formula is C13H23ClN2OS. The van der Waals surface area contributed by atoms with E-state index < -0.39 is 0 Å². The summed E-state index contributed by atoms with van der Waals surface area (Å²) < 4.78 is 0. The number of hydrogen-bond donors (Lipinski definition) is 1. The second kappa shape index (κ2) is 6.02. The maximum atomic E-state index is 12.5. The van der Waals surface area contributed by atoms with E-state index in [1.165, 1.54) is 25.0 Å². The van der Waals surface area contributed by atoms with Gasteiger partial charge in [0.2, 0.25) is 5.91 Å². The molecule has 2 aliphatic heterocycles. The molecule has 1 aliphatic carbocycles. The van der Waals surface area contributed by atoms with Crippen LogP contribution in [0.2, 0.25) is 0 Å². The molecule has 3 aliphatic rings. The number of thioether (sulfide) groups is 1. The summed E-state index contributed by atoms with van der Waals surface area (Å²) in [5.41, 5.74) is 0.405. The first-order chi connectivity index (χ1) is 8.32. The summed E-state index contributed by atoms with van der Waals surface area (Å²) in [7, 11) is 0. The van der Waals surface area contributed by atoms with Crippen molar-refractivity contribution >= 4 is 30.1 Å². The summed E-state index contributed by atoms with van der Waals surface area (Å²) in [6.45, 7) is 4.20. The molecule has 1 unspecified atom stereocenters. The van der Waals surface area contributed by atoms with Crippen LogP contribution in [0.4, 0.5) is 0 Å². The molecule has 2 heterocycles. The Kier molecular flexibility index (Phi) is 4.84. The monoisotopic (exact) mass is 290 g/mol. The third kappa shape index (κ3) is 2.81. The summed E-state index contributed by atoms with van der Waals surface area (Å²) in [6, 6.07) is 0. The van der Waals surface area contributed by atoms with Crippen LogP contribution < -0.4 is 5.32 Å². The zero-order valence-corrected chi connectivity index (χ0v) is 12.5. The molecule has 104 valence electrons. The molecule has 5 heteroatoms. The highest BCUT2D eigenvalue weighted by Gasteiger charge is 2.58. The van der Waals surface area contributed by atoms with Gasteiger partial charge in [-0.2, -0.15) is 11.8 Å². The molecule has 0 aromatic rings. The Morgan fingerprint density at radius 3 is 2.78 bits per heavy atom. The Morgan fingerprint density at radius 2 is 2.00 bits per heavy atom. The molecule has 18 heavy (non-hydrogen) atoms. The molecule has 3 nitrogen and oxygen atoms in total. The van der Waals surface area contributed by atoms with E-state index in [1.54, 1.807) is 0 Å². The maximum absolute atomic E-state index is 12.5. The Morgan fingerprint density at radius 1 is 1.22 bits per heavy atom. The maximum Gasteiger partial charge on any atom is 0.226 e. The number of rotatable bonds is 1. The minimum absolute atomic E-state index is 0. The van der Waals surface area contributed by atoms with Gasteiger partial charge >= 0.3 is 0 Å². The molecular weight excluding hydrogens is 268 g/mol. The number of hydrogen-bond acceptors (Lipinski definition) is 3. The standard InChI is InChI=1S/C13H22N2OS.ClH/c16-12(15-6-1-8-17-9-7-15)11-10-13(11)2-4-14-5-3-13;/h11,14H,1-10H2;1H. The minimum Gasteiger partial charge on any atom is -0.342 e. The first kappa shape index (κ1) is 14.5. The van der Waals surface area contributed by atoms with Gasteiger partial charge in [-0.1, -0.05) is 0 Å². The predicted molar refractivity (Wildman–Crippen MR) is 78.4 cm³/mol. The second-order valence-electron chi connectivity index (χ2n) is 5.66. The number of carbonyl (C=O) groups excluding carboxylic acids is 1. The van der Waals surface area contributed by atoms with E-state index in [2.05, 4.69) is 10.2 Å². The fourth-order valence-corrected chi connectivity index (χ4v) is 4.25. The lowest BCUT2D eigenvalue weighted by Gasteiger charge is -2.26. The van der Waals surface area contributed by atoms with Gasteiger partial charge in [0, 0.05) is 24.8 Å². The van der Waals surface area contributed by atoms with E-state index >= 15 is 0 Å². The molecule has 1 spiro atoms. The average molecular weight is 291 g/mol. The van der Waals surface area contributed by atoms with Gasteiger partial charge in [0.1, 0.15) is 0 Å². The summed E-state index contributed by atoms with van der Waals surface area (Å²) in [6.07, 6.45) is 4.77. The van der Waals surface area contributed by atoms with Crippen molar-refractivity contribution in [1.82, 2.24) is 10.2 Å². The Hall–Kier alpha value is 0.0700. The van der Waals surface area contributed by atoms with Gasteiger partial charge in [-0.15, -0.1) is 12.4 Å². The van der Waals surface area contributed by atoms with Crippen LogP contribution in [0.1, 0.15) is 25.7 Å². The van der Waals surface area contributed by atoms with E-state index in [9.17, 15) is 4.79 Å². The van der Waals surface area contributed by atoms with E-state index in [4.69, 9.17) is 0 Å². The fraction of sp³-hybridized carbons (Fsp3) is 0.923. The lowest BCUT2D eigenvalue weighted by atomic mass is 9.91. The SMILES string of the molecule is Cl.O=C(C1CC12CCNCC2)N1CCCSCC1. The highest BCUT2D eigenvalue weighted by atomic mass is 35.5. The number of halogens is 1. The van der Waals surface area contributed by atoms with Crippen LogP contribution in [0, 0.1) is 11.3 Å². The van der Waals surface area contributed by atoms with Gasteiger partial charge in [0.15, 0.2) is 0 Å². The van der Waals surface area contributed by atoms with Gasteiger partial charge in [-0.3, -0.25) is 4.79 Å². The van der Waals surface area contributed by atoms with Crippen molar-refractivity contribution in [3.05, 3.63) is 0 Å². The third-order valence-corrected chi connectivity index (χ3v) is 5.67. The van der Waals surface area contributed by atoms with Crippen molar-refractivity contribution in [2.75, 3.05) is 37.7 Å². The first-order valence-electron chi connectivity index (χ1n) is 6.89. The smallest absolute Gasteiger partial charge is 0.226 e. The van der Waals surface area contributed by atoms with E-state index in [1.807, 2.05) is 11.8 Å². The number of nitrogens with zero attached hydrogens (tertiary/aromatic N) is 1. The molecule has 2 saturated heterocycles. The largest absolute Gasteiger partial charge is 0.342 e. The zero-order chi connectivity index (χ0) is 11.7. The van der Waals surface area contributed by atoms with Crippen LogP contribution in [0.3, 0.4) is 0 Å². The summed E-state index contributed by atoms with van der Waals surface area (Å²) in [5, 5.41) is 3.40. The number of nitrogens with one attached hydrogen (secondary N) is 1. The van der Waals surface area contributed by atoms with E-state index in [-0.39, 0.29) is 12.4 Å². The number of piperidine rings is 1. The molecule has 1 atom stereocenters. The van der Waals surface area contributed by atoms with E-state index in [0.717, 1.165) is 38.4 Å². The average Bonchev–Trinajstić information content (AvgIpc) is 3.10. The van der Waals surface area contributed by atoms with Gasteiger partial charge < -0.3 is 10.2 Å². The summed E-state index contributed by atoms with van der Waals surface area (Å²) in [4.78, 5) is 14.6. The predicted octanol–water partition coefficient (Wildman–Crippen LogP) is 1.76. The number of carbonyl (C=O) groups is 1. The molecule has 3 fully saturated rings. The molecule has 3 rings (SSSR count). The second-order valence-corrected chi connectivity index (χ2v) is 6.89. The van der Waals surface area contributed by atoms with Gasteiger partial charge in [0.05, 0.1) is 0 Å². The lowest BCUT2D eigenvalue weighted by molar-refractivity contribution is -0.133. The van der Waals surface area contributed by atoms with Crippen LogP contribution in [0.5, 0.6) is 0 Å². The van der Waals surface area contributed by atoms with Crippen LogP contribution in [-0.4, -0.2) is 48.5 Å². The fourth-order valence-electron chi connectivity index (χ4n) is 3.36. The van der Waals surface area contributed by atoms with Gasteiger partial charge in [-0.05, 0) is 49.9 Å². The molecule has 0 aromatic carbocycles. The van der Waals surface area contributed by atoms with Crippen LogP contribution in [0.15, 0.2) is 0 Å². The van der Waals surface area contributed by atoms with Crippen molar-refractivity contribution in [2.24, 2.45) is 11.3 Å². The highest BCUT2D eigenvalue weighted by Crippen LogP contribution is 2.59. The van der Waals surface area contributed by atoms with Crippen LogP contribution in [0.25, 0.3) is 0 Å². The van der Waals surface area contributed by atoms with Crippen molar-refractivity contribution in [2.45, 2.75) is 25.7 Å². The number of amides is 1. The minimum atomic E-state index is 0. The Bertz CT molecular complexity index is 299. The van der Waals surface area contributed by atoms with Gasteiger partial charge in [-0.25, -0.2) is 0 Å². The first-order valence-corrected chi connectivity index (χ1v) is 8.05. The van der Waals surface area contributed by atoms with Crippen LogP contribution in [-0.2, 0) is 4.79 Å². The summed E-state index contributed by atoms with van der Waals surface area (Å²) >= 11 is 1.99. The quantitative estimate of drug-likeness (QED) is 0.799. The molecule has 1 N–H and O–H groups in total. The Labute approximate surface area is 120 Å². The van der Waals surface area contributed by atoms with Crippen molar-refractivity contribution in [3.63, 3.8) is 0 Å². The third-order valence-electron chi connectivity index (χ3n) is 4.62. The lowest BCUT2D eigenvalue weighted by Crippen LogP contribution is -2.37. The van der Waals surface area contributed by atoms with Crippen LogP contribution >= 0.6 is 24.2 Å². The Balaban J connectivity index is 0.00000120. The molecule has 0 bridgehead atoms. The van der Waals surface area contributed by atoms with E-state index in [0.29, 0.717) is 17.2 Å². The molecule has 0 radical (unpaired) electrons.